The second kappa shape index (κ2) is 6.02. The molecule has 0 aromatic carbocycles. The Morgan fingerprint density at radius 1 is 1.38 bits per heavy atom. The number of aliphatic hydroxyl groups is 1. The summed E-state index contributed by atoms with van der Waals surface area (Å²) in [5.41, 5.74) is 0.0978. The molecular formula is C14H29NO. The molecule has 0 heterocycles. The summed E-state index contributed by atoms with van der Waals surface area (Å²) in [6.07, 6.45) is 5.67. The van der Waals surface area contributed by atoms with E-state index in [4.69, 9.17) is 0 Å². The van der Waals surface area contributed by atoms with Crippen LogP contribution in [0.25, 0.3) is 0 Å². The van der Waals surface area contributed by atoms with Gasteiger partial charge in [0.15, 0.2) is 0 Å². The molecule has 1 fully saturated rings. The molecule has 0 radical (unpaired) electrons. The van der Waals surface area contributed by atoms with E-state index in [1.165, 1.54) is 19.3 Å². The molecule has 0 aromatic rings. The van der Waals surface area contributed by atoms with Crippen molar-refractivity contribution >= 4 is 0 Å². The van der Waals surface area contributed by atoms with Gasteiger partial charge in [-0.15, -0.1) is 0 Å². The van der Waals surface area contributed by atoms with Crippen molar-refractivity contribution in [3.8, 4) is 0 Å². The minimum atomic E-state index is -0.113. The first kappa shape index (κ1) is 14.0. The molecule has 1 aliphatic carbocycles. The van der Waals surface area contributed by atoms with E-state index >= 15 is 0 Å². The van der Waals surface area contributed by atoms with E-state index in [-0.39, 0.29) is 11.5 Å². The molecule has 0 saturated heterocycles. The van der Waals surface area contributed by atoms with Crippen LogP contribution in [0.5, 0.6) is 0 Å². The van der Waals surface area contributed by atoms with Crippen LogP contribution in [-0.2, 0) is 0 Å². The second-order valence-corrected chi connectivity index (χ2v) is 6.06. The molecule has 0 spiro atoms. The molecule has 2 heteroatoms. The molecule has 1 rings (SSSR count). The maximum atomic E-state index is 10.1. The Bertz CT molecular complexity index is 205. The van der Waals surface area contributed by atoms with Crippen LogP contribution in [0.4, 0.5) is 0 Å². The quantitative estimate of drug-likeness (QED) is 0.757. The van der Waals surface area contributed by atoms with Crippen molar-refractivity contribution in [3.63, 3.8) is 0 Å². The van der Waals surface area contributed by atoms with Gasteiger partial charge >= 0.3 is 0 Å². The van der Waals surface area contributed by atoms with E-state index in [1.54, 1.807) is 0 Å². The van der Waals surface area contributed by atoms with Gasteiger partial charge in [-0.25, -0.2) is 0 Å². The molecule has 0 bridgehead atoms. The van der Waals surface area contributed by atoms with Crippen LogP contribution in [-0.4, -0.2) is 23.8 Å². The number of aliphatic hydroxyl groups excluding tert-OH is 1. The van der Waals surface area contributed by atoms with Gasteiger partial charge in [-0.2, -0.15) is 0 Å². The van der Waals surface area contributed by atoms with Gasteiger partial charge in [0.05, 0.1) is 6.10 Å². The molecule has 3 unspecified atom stereocenters. The van der Waals surface area contributed by atoms with Crippen molar-refractivity contribution in [1.29, 1.82) is 0 Å². The lowest BCUT2D eigenvalue weighted by atomic mass is 9.73. The molecule has 3 atom stereocenters. The first-order valence-corrected chi connectivity index (χ1v) is 6.91. The highest BCUT2D eigenvalue weighted by molar-refractivity contribution is 4.89. The Hall–Kier alpha value is -0.0800. The zero-order chi connectivity index (χ0) is 12.2. The zero-order valence-electron chi connectivity index (χ0n) is 11.4. The second-order valence-electron chi connectivity index (χ2n) is 6.06. The average molecular weight is 227 g/mol. The first-order chi connectivity index (χ1) is 7.49. The lowest BCUT2D eigenvalue weighted by Gasteiger charge is -2.40. The molecule has 96 valence electrons. The predicted molar refractivity (Wildman–Crippen MR) is 69.5 cm³/mol. The summed E-state index contributed by atoms with van der Waals surface area (Å²) < 4.78 is 0. The van der Waals surface area contributed by atoms with Gasteiger partial charge in [-0.1, -0.05) is 40.5 Å². The summed E-state index contributed by atoms with van der Waals surface area (Å²) >= 11 is 0. The fourth-order valence-corrected chi connectivity index (χ4v) is 2.80. The van der Waals surface area contributed by atoms with Crippen LogP contribution in [0.2, 0.25) is 0 Å². The summed E-state index contributed by atoms with van der Waals surface area (Å²) in [5, 5.41) is 13.8. The van der Waals surface area contributed by atoms with Crippen molar-refractivity contribution < 1.29 is 5.11 Å². The van der Waals surface area contributed by atoms with E-state index in [0.717, 1.165) is 19.4 Å². The lowest BCUT2D eigenvalue weighted by Crippen LogP contribution is -2.47. The standard InChI is InChI=1S/C14H29NO/c1-5-12(11(2)3)15-10-14(4)9-7-6-8-13(14)16/h11-13,15-16H,5-10H2,1-4H3. The molecule has 16 heavy (non-hydrogen) atoms. The minimum absolute atomic E-state index is 0.0978. The Kier molecular flexibility index (Phi) is 5.26. The van der Waals surface area contributed by atoms with Crippen molar-refractivity contribution in [2.24, 2.45) is 11.3 Å². The molecular weight excluding hydrogens is 198 g/mol. The third kappa shape index (κ3) is 3.46. The van der Waals surface area contributed by atoms with Crippen molar-refractivity contribution in [2.75, 3.05) is 6.54 Å². The summed E-state index contributed by atoms with van der Waals surface area (Å²) in [5.74, 6) is 0.675. The van der Waals surface area contributed by atoms with Crippen LogP contribution in [0, 0.1) is 11.3 Å². The first-order valence-electron chi connectivity index (χ1n) is 6.91. The molecule has 0 amide bonds. The van der Waals surface area contributed by atoms with Gasteiger partial charge in [0.1, 0.15) is 0 Å². The fourth-order valence-electron chi connectivity index (χ4n) is 2.80. The number of hydrogen-bond acceptors (Lipinski definition) is 2. The third-order valence-electron chi connectivity index (χ3n) is 4.29. The summed E-state index contributed by atoms with van der Waals surface area (Å²) in [7, 11) is 0. The van der Waals surface area contributed by atoms with Gasteiger partial charge in [0, 0.05) is 18.0 Å². The van der Waals surface area contributed by atoms with Crippen LogP contribution in [0.15, 0.2) is 0 Å². The summed E-state index contributed by atoms with van der Waals surface area (Å²) in [4.78, 5) is 0. The van der Waals surface area contributed by atoms with Gasteiger partial charge in [-0.05, 0) is 25.2 Å². The van der Waals surface area contributed by atoms with E-state index in [9.17, 15) is 5.11 Å². The molecule has 0 aliphatic heterocycles. The van der Waals surface area contributed by atoms with Crippen molar-refractivity contribution in [3.05, 3.63) is 0 Å². The normalized spacial score (nSPS) is 33.0. The lowest BCUT2D eigenvalue weighted by molar-refractivity contribution is -0.00122. The van der Waals surface area contributed by atoms with Crippen molar-refractivity contribution in [2.45, 2.75) is 71.9 Å². The van der Waals surface area contributed by atoms with Crippen LogP contribution in [0.3, 0.4) is 0 Å². The SMILES string of the molecule is CCC(NCC1(C)CCCCC1O)C(C)C. The maximum absolute atomic E-state index is 10.1. The summed E-state index contributed by atoms with van der Waals surface area (Å²) in [6, 6.07) is 0.589. The molecule has 0 aromatic heterocycles. The Morgan fingerprint density at radius 2 is 2.06 bits per heavy atom. The monoisotopic (exact) mass is 227 g/mol. The van der Waals surface area contributed by atoms with Crippen molar-refractivity contribution in [1.82, 2.24) is 5.32 Å². The van der Waals surface area contributed by atoms with Crippen LogP contribution < -0.4 is 5.32 Å². The van der Waals surface area contributed by atoms with Crippen LogP contribution >= 0.6 is 0 Å². The highest BCUT2D eigenvalue weighted by Crippen LogP contribution is 2.35. The van der Waals surface area contributed by atoms with Crippen LogP contribution in [0.1, 0.15) is 59.8 Å². The van der Waals surface area contributed by atoms with E-state index < -0.39 is 0 Å². The van der Waals surface area contributed by atoms with Gasteiger partial charge < -0.3 is 10.4 Å². The Morgan fingerprint density at radius 3 is 2.56 bits per heavy atom. The summed E-state index contributed by atoms with van der Waals surface area (Å²) in [6.45, 7) is 9.96. The average Bonchev–Trinajstić information content (AvgIpc) is 2.23. The smallest absolute Gasteiger partial charge is 0.0605 e. The predicted octanol–water partition coefficient (Wildman–Crippen LogP) is 2.95. The zero-order valence-corrected chi connectivity index (χ0v) is 11.4. The van der Waals surface area contributed by atoms with E-state index in [1.807, 2.05) is 0 Å². The minimum Gasteiger partial charge on any atom is -0.393 e. The number of rotatable bonds is 5. The highest BCUT2D eigenvalue weighted by atomic mass is 16.3. The highest BCUT2D eigenvalue weighted by Gasteiger charge is 2.35. The third-order valence-corrected chi connectivity index (χ3v) is 4.29. The number of hydrogen-bond donors (Lipinski definition) is 2. The van der Waals surface area contributed by atoms with Gasteiger partial charge in [0.2, 0.25) is 0 Å². The largest absolute Gasteiger partial charge is 0.393 e. The van der Waals surface area contributed by atoms with Gasteiger partial charge in [-0.3, -0.25) is 0 Å². The topological polar surface area (TPSA) is 32.3 Å². The van der Waals surface area contributed by atoms with E-state index in [0.29, 0.717) is 12.0 Å². The molecule has 2 N–H and O–H groups in total. The molecule has 2 nitrogen and oxygen atoms in total. The molecule has 1 aliphatic rings. The Balaban J connectivity index is 2.45. The number of nitrogens with one attached hydrogen (secondary N) is 1. The van der Waals surface area contributed by atoms with Gasteiger partial charge in [0.25, 0.3) is 0 Å². The fraction of sp³-hybridized carbons (Fsp3) is 1.00. The molecule has 1 saturated carbocycles. The Labute approximate surface area is 101 Å². The van der Waals surface area contributed by atoms with E-state index in [2.05, 4.69) is 33.0 Å². The maximum Gasteiger partial charge on any atom is 0.0605 e.